The lowest BCUT2D eigenvalue weighted by Crippen LogP contribution is -2.43. The van der Waals surface area contributed by atoms with Gasteiger partial charge in [-0.3, -0.25) is 9.88 Å². The average molecular weight is 506 g/mol. The van der Waals surface area contributed by atoms with Crippen LogP contribution in [0.1, 0.15) is 11.3 Å². The molecule has 0 aliphatic carbocycles. The molecular formula is C26H32FN9O. The molecule has 2 aromatic heterocycles. The Morgan fingerprint density at radius 2 is 1.76 bits per heavy atom. The van der Waals surface area contributed by atoms with E-state index in [1.807, 2.05) is 17.0 Å². The number of azo groups is 1. The van der Waals surface area contributed by atoms with Gasteiger partial charge in [-0.25, -0.2) is 9.37 Å². The van der Waals surface area contributed by atoms with Crippen molar-refractivity contribution in [2.24, 2.45) is 10.2 Å². The predicted octanol–water partition coefficient (Wildman–Crippen LogP) is 3.62. The first-order chi connectivity index (χ1) is 18.1. The average Bonchev–Trinajstić information content (AvgIpc) is 2.93. The monoisotopic (exact) mass is 505 g/mol. The summed E-state index contributed by atoms with van der Waals surface area (Å²) in [4.78, 5) is 19.2. The maximum Gasteiger partial charge on any atom is 0.270 e. The Hall–Kier alpha value is -3.54. The van der Waals surface area contributed by atoms with Crippen LogP contribution in [-0.4, -0.2) is 84.3 Å². The molecule has 2 saturated heterocycles. The van der Waals surface area contributed by atoms with E-state index in [2.05, 4.69) is 71.6 Å². The number of hydrogen-bond donors (Lipinski definition) is 1. The summed E-state index contributed by atoms with van der Waals surface area (Å²) in [7, 11) is 2.17. The molecule has 1 aromatic carbocycles. The molecule has 0 amide bonds. The van der Waals surface area contributed by atoms with Crippen molar-refractivity contribution < 1.29 is 9.13 Å². The Morgan fingerprint density at radius 1 is 0.973 bits per heavy atom. The number of pyridine rings is 1. The van der Waals surface area contributed by atoms with E-state index in [9.17, 15) is 4.39 Å². The number of morpholine rings is 1. The highest BCUT2D eigenvalue weighted by Crippen LogP contribution is 2.21. The van der Waals surface area contributed by atoms with E-state index in [1.54, 1.807) is 6.20 Å². The lowest BCUT2D eigenvalue weighted by Gasteiger charge is -2.32. The minimum atomic E-state index is -0.478. The third kappa shape index (κ3) is 7.03. The van der Waals surface area contributed by atoms with Crippen molar-refractivity contribution in [3.05, 3.63) is 65.9 Å². The number of piperazine rings is 1. The molecule has 0 unspecified atom stereocenters. The smallest absolute Gasteiger partial charge is 0.270 e. The molecule has 0 bridgehead atoms. The van der Waals surface area contributed by atoms with Gasteiger partial charge in [0.15, 0.2) is 11.6 Å². The Morgan fingerprint density at radius 3 is 2.54 bits per heavy atom. The summed E-state index contributed by atoms with van der Waals surface area (Å²) in [6.07, 6.45) is 2.87. The highest BCUT2D eigenvalue weighted by molar-refractivity contribution is 5.59. The molecule has 4 heterocycles. The molecule has 0 saturated carbocycles. The number of nitrogens with zero attached hydrogens (tertiary/aromatic N) is 8. The number of likely N-dealkylation sites (N-methyl/N-ethyl adjacent to an activating group) is 1. The Labute approximate surface area is 216 Å². The Bertz CT molecular complexity index is 1190. The van der Waals surface area contributed by atoms with Gasteiger partial charge in [0.25, 0.3) is 5.95 Å². The zero-order valence-electron chi connectivity index (χ0n) is 21.1. The molecule has 194 valence electrons. The number of halogens is 1. The van der Waals surface area contributed by atoms with Crippen LogP contribution in [0.25, 0.3) is 0 Å². The van der Waals surface area contributed by atoms with Gasteiger partial charge in [-0.15, -0.1) is 5.11 Å². The second-order valence-electron chi connectivity index (χ2n) is 9.28. The maximum absolute atomic E-state index is 14.2. The fourth-order valence-corrected chi connectivity index (χ4v) is 4.33. The molecule has 11 heteroatoms. The van der Waals surface area contributed by atoms with Crippen molar-refractivity contribution in [1.82, 2.24) is 24.8 Å². The molecule has 0 radical (unpaired) electrons. The van der Waals surface area contributed by atoms with Gasteiger partial charge >= 0.3 is 0 Å². The van der Waals surface area contributed by atoms with Gasteiger partial charge in [-0.2, -0.15) is 10.1 Å². The lowest BCUT2D eigenvalue weighted by atomic mass is 10.1. The number of aromatic nitrogens is 3. The van der Waals surface area contributed by atoms with Gasteiger partial charge < -0.3 is 19.9 Å². The van der Waals surface area contributed by atoms with Crippen molar-refractivity contribution >= 4 is 23.1 Å². The third-order valence-corrected chi connectivity index (χ3v) is 6.48. The van der Waals surface area contributed by atoms with Crippen LogP contribution in [0.4, 0.5) is 27.5 Å². The van der Waals surface area contributed by atoms with Crippen LogP contribution in [0.2, 0.25) is 0 Å². The molecule has 5 rings (SSSR count). The van der Waals surface area contributed by atoms with Crippen LogP contribution in [-0.2, 0) is 17.8 Å². The normalized spacial score (nSPS) is 17.4. The highest BCUT2D eigenvalue weighted by atomic mass is 19.1. The topological polar surface area (TPSA) is 94.4 Å². The second kappa shape index (κ2) is 12.1. The maximum atomic E-state index is 14.2. The van der Waals surface area contributed by atoms with E-state index >= 15 is 0 Å². The highest BCUT2D eigenvalue weighted by Gasteiger charge is 2.18. The summed E-state index contributed by atoms with van der Waals surface area (Å²) >= 11 is 0. The minimum absolute atomic E-state index is 0.119. The quantitative estimate of drug-likeness (QED) is 0.464. The van der Waals surface area contributed by atoms with E-state index in [0.717, 1.165) is 56.0 Å². The Kier molecular flexibility index (Phi) is 8.24. The number of hydrogen-bond acceptors (Lipinski definition) is 10. The van der Waals surface area contributed by atoms with Gasteiger partial charge in [-0.05, 0) is 36.9 Å². The van der Waals surface area contributed by atoms with Crippen LogP contribution in [0.15, 0.2) is 59.0 Å². The summed E-state index contributed by atoms with van der Waals surface area (Å²) < 4.78 is 19.5. The largest absolute Gasteiger partial charge is 0.378 e. The van der Waals surface area contributed by atoms with Crippen molar-refractivity contribution in [3.8, 4) is 0 Å². The standard InChI is InChI=1S/C26H32FN9O/c1-34-8-10-35(11-9-34)19-20-2-4-21(5-3-20)31-22-6-7-28-23(16-22)17-30-33-26-29-18-24(27)25(32-26)36-12-14-37-15-13-36/h2-7,16,18H,8-15,17,19H2,1H3,(H,28,31). The zero-order chi connectivity index (χ0) is 25.5. The minimum Gasteiger partial charge on any atom is -0.378 e. The van der Waals surface area contributed by atoms with E-state index in [1.165, 1.54) is 5.56 Å². The van der Waals surface area contributed by atoms with Crippen LogP contribution in [0.3, 0.4) is 0 Å². The number of anilines is 3. The number of nitrogens with one attached hydrogen (secondary N) is 1. The van der Waals surface area contributed by atoms with Gasteiger partial charge in [-0.1, -0.05) is 12.1 Å². The number of ether oxygens (including phenoxy) is 1. The summed E-state index contributed by atoms with van der Waals surface area (Å²) in [5.74, 6) is -0.131. The fourth-order valence-electron chi connectivity index (χ4n) is 4.33. The molecule has 0 spiro atoms. The first-order valence-corrected chi connectivity index (χ1v) is 12.6. The molecule has 10 nitrogen and oxygen atoms in total. The molecule has 3 aromatic rings. The Balaban J connectivity index is 1.16. The molecule has 37 heavy (non-hydrogen) atoms. The lowest BCUT2D eigenvalue weighted by molar-refractivity contribution is 0.122. The zero-order valence-corrected chi connectivity index (χ0v) is 21.1. The molecule has 2 aliphatic heterocycles. The van der Waals surface area contributed by atoms with E-state index in [-0.39, 0.29) is 18.3 Å². The van der Waals surface area contributed by atoms with Crippen LogP contribution in [0, 0.1) is 5.82 Å². The van der Waals surface area contributed by atoms with Crippen molar-refractivity contribution in [3.63, 3.8) is 0 Å². The van der Waals surface area contributed by atoms with E-state index in [4.69, 9.17) is 4.74 Å². The van der Waals surface area contributed by atoms with Gasteiger partial charge in [0.2, 0.25) is 0 Å². The van der Waals surface area contributed by atoms with Crippen LogP contribution >= 0.6 is 0 Å². The van der Waals surface area contributed by atoms with Crippen LogP contribution < -0.4 is 10.2 Å². The fraction of sp³-hybridized carbons (Fsp3) is 0.423. The van der Waals surface area contributed by atoms with Crippen LogP contribution in [0.5, 0.6) is 0 Å². The summed E-state index contributed by atoms with van der Waals surface area (Å²) in [5, 5.41) is 11.7. The SMILES string of the molecule is CN1CCN(Cc2ccc(Nc3ccnc(CN=Nc4ncc(F)c(N5CCOCC5)n4)c3)cc2)CC1. The van der Waals surface area contributed by atoms with E-state index in [0.29, 0.717) is 26.3 Å². The van der Waals surface area contributed by atoms with Gasteiger partial charge in [0.05, 0.1) is 25.1 Å². The first kappa shape index (κ1) is 25.1. The predicted molar refractivity (Wildman–Crippen MR) is 140 cm³/mol. The number of rotatable bonds is 8. The first-order valence-electron chi connectivity index (χ1n) is 12.6. The van der Waals surface area contributed by atoms with Gasteiger partial charge in [0.1, 0.15) is 6.54 Å². The van der Waals surface area contributed by atoms with Crippen molar-refractivity contribution in [2.75, 3.05) is 69.7 Å². The van der Waals surface area contributed by atoms with Crippen molar-refractivity contribution in [2.45, 2.75) is 13.1 Å². The molecule has 1 N–H and O–H groups in total. The summed E-state index contributed by atoms with van der Waals surface area (Å²) in [5.41, 5.74) is 3.98. The molecule has 0 atom stereocenters. The number of benzene rings is 1. The van der Waals surface area contributed by atoms with E-state index < -0.39 is 5.82 Å². The summed E-state index contributed by atoms with van der Waals surface area (Å²) in [6.45, 7) is 7.92. The summed E-state index contributed by atoms with van der Waals surface area (Å²) in [6, 6.07) is 12.4. The van der Waals surface area contributed by atoms with Gasteiger partial charge in [0, 0.05) is 63.4 Å². The molecule has 2 fully saturated rings. The molecule has 2 aliphatic rings. The second-order valence-corrected chi connectivity index (χ2v) is 9.28. The third-order valence-electron chi connectivity index (χ3n) is 6.48. The van der Waals surface area contributed by atoms with Crippen molar-refractivity contribution in [1.29, 1.82) is 0 Å². The molecular weight excluding hydrogens is 473 g/mol.